The van der Waals surface area contributed by atoms with Crippen LogP contribution >= 0.6 is 0 Å². The number of hydrogen-bond donors (Lipinski definition) is 1. The van der Waals surface area contributed by atoms with Crippen LogP contribution in [0, 0.1) is 27.7 Å². The van der Waals surface area contributed by atoms with Crippen LogP contribution in [0.25, 0.3) is 0 Å². The number of anilines is 2. The molecule has 1 aromatic heterocycles. The van der Waals surface area contributed by atoms with E-state index < -0.39 is 0 Å². The average Bonchev–Trinajstić information content (AvgIpc) is 2.64. The van der Waals surface area contributed by atoms with E-state index in [-0.39, 0.29) is 5.91 Å². The summed E-state index contributed by atoms with van der Waals surface area (Å²) in [7, 11) is 0. The summed E-state index contributed by atoms with van der Waals surface area (Å²) >= 11 is 0. The van der Waals surface area contributed by atoms with Gasteiger partial charge in [0.15, 0.2) is 0 Å². The van der Waals surface area contributed by atoms with Gasteiger partial charge < -0.3 is 15.1 Å². The minimum atomic E-state index is -0.247. The smallest absolute Gasteiger partial charge is 0.274 e. The molecule has 1 aromatic carbocycles. The Labute approximate surface area is 159 Å². The molecule has 1 fully saturated rings. The van der Waals surface area contributed by atoms with Crippen molar-refractivity contribution in [3.63, 3.8) is 0 Å². The van der Waals surface area contributed by atoms with Gasteiger partial charge in [0, 0.05) is 37.6 Å². The van der Waals surface area contributed by atoms with Crippen LogP contribution in [0.1, 0.15) is 32.9 Å². The lowest BCUT2D eigenvalue weighted by Crippen LogP contribution is -2.46. The molecule has 3 rings (SSSR count). The SMILES string of the molecule is Cc1cc(C)c(NC(=O)c2cc(C)nc(N3CCN(C=O)CC3)n2)c(C)c1. The summed E-state index contributed by atoms with van der Waals surface area (Å²) in [6, 6.07) is 5.79. The normalized spacial score (nSPS) is 14.2. The fourth-order valence-electron chi connectivity index (χ4n) is 3.39. The summed E-state index contributed by atoms with van der Waals surface area (Å²) in [5, 5.41) is 2.99. The number of nitrogens with zero attached hydrogens (tertiary/aromatic N) is 4. The summed E-state index contributed by atoms with van der Waals surface area (Å²) in [6.45, 7) is 10.4. The summed E-state index contributed by atoms with van der Waals surface area (Å²) in [5.74, 6) is 0.284. The zero-order valence-electron chi connectivity index (χ0n) is 16.2. The van der Waals surface area contributed by atoms with E-state index in [9.17, 15) is 9.59 Å². The van der Waals surface area contributed by atoms with E-state index >= 15 is 0 Å². The quantitative estimate of drug-likeness (QED) is 0.839. The molecule has 0 unspecified atom stereocenters. The van der Waals surface area contributed by atoms with Crippen LogP contribution in [0.5, 0.6) is 0 Å². The fraction of sp³-hybridized carbons (Fsp3) is 0.400. The van der Waals surface area contributed by atoms with Crippen LogP contribution in [-0.4, -0.2) is 53.4 Å². The lowest BCUT2D eigenvalue weighted by atomic mass is 10.0. The van der Waals surface area contributed by atoms with Crippen molar-refractivity contribution in [2.45, 2.75) is 27.7 Å². The molecule has 0 bridgehead atoms. The molecule has 2 amide bonds. The minimum absolute atomic E-state index is 0.247. The van der Waals surface area contributed by atoms with Crippen molar-refractivity contribution in [2.75, 3.05) is 36.4 Å². The average molecular weight is 367 g/mol. The van der Waals surface area contributed by atoms with E-state index in [1.165, 1.54) is 0 Å². The van der Waals surface area contributed by atoms with Crippen LogP contribution in [0.4, 0.5) is 11.6 Å². The molecule has 7 nitrogen and oxygen atoms in total. The van der Waals surface area contributed by atoms with Gasteiger partial charge in [-0.25, -0.2) is 9.97 Å². The van der Waals surface area contributed by atoms with Crippen LogP contribution < -0.4 is 10.2 Å². The lowest BCUT2D eigenvalue weighted by molar-refractivity contribution is -0.118. The number of aryl methyl sites for hydroxylation is 4. The van der Waals surface area contributed by atoms with E-state index in [0.717, 1.165) is 34.5 Å². The maximum atomic E-state index is 12.8. The number of piperazine rings is 1. The van der Waals surface area contributed by atoms with E-state index in [1.807, 2.05) is 44.7 Å². The molecule has 1 saturated heterocycles. The minimum Gasteiger partial charge on any atom is -0.342 e. The Balaban J connectivity index is 1.82. The Morgan fingerprint density at radius 1 is 1.00 bits per heavy atom. The predicted octanol–water partition coefficient (Wildman–Crippen LogP) is 2.24. The van der Waals surface area contributed by atoms with Crippen molar-refractivity contribution < 1.29 is 9.59 Å². The molecule has 2 heterocycles. The lowest BCUT2D eigenvalue weighted by Gasteiger charge is -2.32. The van der Waals surface area contributed by atoms with Crippen molar-refractivity contribution >= 4 is 24.0 Å². The van der Waals surface area contributed by atoms with E-state index in [1.54, 1.807) is 11.0 Å². The van der Waals surface area contributed by atoms with Crippen LogP contribution in [0.2, 0.25) is 0 Å². The number of hydrogen-bond acceptors (Lipinski definition) is 5. The van der Waals surface area contributed by atoms with Gasteiger partial charge in [-0.3, -0.25) is 9.59 Å². The van der Waals surface area contributed by atoms with Gasteiger partial charge >= 0.3 is 0 Å². The largest absolute Gasteiger partial charge is 0.342 e. The van der Waals surface area contributed by atoms with Crippen molar-refractivity contribution in [1.82, 2.24) is 14.9 Å². The van der Waals surface area contributed by atoms with Crippen LogP contribution in [0.15, 0.2) is 18.2 Å². The van der Waals surface area contributed by atoms with Gasteiger partial charge in [0.05, 0.1) is 0 Å². The van der Waals surface area contributed by atoms with Gasteiger partial charge in [-0.2, -0.15) is 0 Å². The first-order valence-electron chi connectivity index (χ1n) is 9.06. The van der Waals surface area contributed by atoms with Gasteiger partial charge in [-0.05, 0) is 44.9 Å². The van der Waals surface area contributed by atoms with Gasteiger partial charge in [-0.1, -0.05) is 17.7 Å². The Kier molecular flexibility index (Phi) is 5.39. The first kappa shape index (κ1) is 18.8. The number of carbonyl (C=O) groups is 2. The summed E-state index contributed by atoms with van der Waals surface area (Å²) in [4.78, 5) is 36.4. The second-order valence-corrected chi connectivity index (χ2v) is 7.05. The number of amides is 2. The Morgan fingerprint density at radius 3 is 2.22 bits per heavy atom. The monoisotopic (exact) mass is 367 g/mol. The number of carbonyl (C=O) groups excluding carboxylic acids is 2. The van der Waals surface area contributed by atoms with Crippen molar-refractivity contribution in [2.24, 2.45) is 0 Å². The molecule has 0 saturated carbocycles. The fourth-order valence-corrected chi connectivity index (χ4v) is 3.39. The van der Waals surface area contributed by atoms with Gasteiger partial charge in [0.1, 0.15) is 5.69 Å². The summed E-state index contributed by atoms with van der Waals surface area (Å²) in [5.41, 5.74) is 5.12. The highest BCUT2D eigenvalue weighted by atomic mass is 16.2. The van der Waals surface area contributed by atoms with Crippen molar-refractivity contribution in [3.05, 3.63) is 46.3 Å². The second kappa shape index (κ2) is 7.73. The molecular weight excluding hydrogens is 342 g/mol. The molecule has 0 aliphatic carbocycles. The molecule has 1 N–H and O–H groups in total. The van der Waals surface area contributed by atoms with Gasteiger partial charge in [-0.15, -0.1) is 0 Å². The zero-order chi connectivity index (χ0) is 19.6. The molecule has 7 heteroatoms. The first-order valence-corrected chi connectivity index (χ1v) is 9.06. The molecule has 1 aliphatic rings. The maximum Gasteiger partial charge on any atom is 0.274 e. The molecule has 142 valence electrons. The highest BCUT2D eigenvalue weighted by molar-refractivity contribution is 6.04. The Bertz CT molecular complexity index is 850. The first-order chi connectivity index (χ1) is 12.9. The zero-order valence-corrected chi connectivity index (χ0v) is 16.2. The summed E-state index contributed by atoms with van der Waals surface area (Å²) in [6.07, 6.45) is 0.861. The van der Waals surface area contributed by atoms with Crippen molar-refractivity contribution in [1.29, 1.82) is 0 Å². The predicted molar refractivity (Wildman–Crippen MR) is 105 cm³/mol. The van der Waals surface area contributed by atoms with Crippen LogP contribution in [-0.2, 0) is 4.79 Å². The second-order valence-electron chi connectivity index (χ2n) is 7.05. The molecule has 0 radical (unpaired) electrons. The molecule has 0 atom stereocenters. The topological polar surface area (TPSA) is 78.4 Å². The number of benzene rings is 1. The number of nitrogens with one attached hydrogen (secondary N) is 1. The third kappa shape index (κ3) is 4.24. The number of aromatic nitrogens is 2. The van der Waals surface area contributed by atoms with Crippen LogP contribution in [0.3, 0.4) is 0 Å². The Morgan fingerprint density at radius 2 is 1.63 bits per heavy atom. The highest BCUT2D eigenvalue weighted by Gasteiger charge is 2.20. The van der Waals surface area contributed by atoms with Gasteiger partial charge in [0.2, 0.25) is 12.4 Å². The standard InChI is InChI=1S/C20H25N5O2/c1-13-9-14(2)18(15(3)10-13)23-19(27)17-11-16(4)21-20(22-17)25-7-5-24(12-26)6-8-25/h9-12H,5-8H2,1-4H3,(H,23,27). The Hall–Kier alpha value is -2.96. The van der Waals surface area contributed by atoms with E-state index in [2.05, 4.69) is 15.3 Å². The van der Waals surface area contributed by atoms with E-state index in [0.29, 0.717) is 37.8 Å². The molecule has 2 aromatic rings. The number of rotatable bonds is 4. The molecular formula is C20H25N5O2. The molecule has 27 heavy (non-hydrogen) atoms. The molecule has 0 spiro atoms. The van der Waals surface area contributed by atoms with E-state index in [4.69, 9.17) is 0 Å². The van der Waals surface area contributed by atoms with Crippen molar-refractivity contribution in [3.8, 4) is 0 Å². The molecule has 1 aliphatic heterocycles. The summed E-state index contributed by atoms with van der Waals surface area (Å²) < 4.78 is 0. The maximum absolute atomic E-state index is 12.8. The third-order valence-corrected chi connectivity index (χ3v) is 4.74. The highest BCUT2D eigenvalue weighted by Crippen LogP contribution is 2.23. The van der Waals surface area contributed by atoms with Gasteiger partial charge in [0.25, 0.3) is 5.91 Å². The third-order valence-electron chi connectivity index (χ3n) is 4.74.